The lowest BCUT2D eigenvalue weighted by atomic mass is 9.68. The number of hydrogen-bond acceptors (Lipinski definition) is 2. The smallest absolute Gasteiger partial charge is 0.0317 e. The van der Waals surface area contributed by atoms with Crippen LogP contribution in [0.15, 0.2) is 36.4 Å². The molecular formula is C22H30N2. The van der Waals surface area contributed by atoms with Crippen LogP contribution in [0.2, 0.25) is 0 Å². The van der Waals surface area contributed by atoms with Gasteiger partial charge >= 0.3 is 0 Å². The monoisotopic (exact) mass is 322 g/mol. The summed E-state index contributed by atoms with van der Waals surface area (Å²) in [6, 6.07) is 12.8. The lowest BCUT2D eigenvalue weighted by Gasteiger charge is -2.35. The van der Waals surface area contributed by atoms with E-state index in [1.54, 1.807) is 0 Å². The van der Waals surface area contributed by atoms with Crippen LogP contribution in [0.5, 0.6) is 0 Å². The predicted octanol–water partition coefficient (Wildman–Crippen LogP) is 5.60. The van der Waals surface area contributed by atoms with Gasteiger partial charge in [-0.3, -0.25) is 0 Å². The Morgan fingerprint density at radius 1 is 0.792 bits per heavy atom. The zero-order valence-electron chi connectivity index (χ0n) is 15.4. The molecule has 0 heterocycles. The largest absolute Gasteiger partial charge is 0.399 e. The lowest BCUT2D eigenvalue weighted by Crippen LogP contribution is -2.28. The molecule has 3 rings (SSSR count). The van der Waals surface area contributed by atoms with E-state index in [-0.39, 0.29) is 5.41 Å². The van der Waals surface area contributed by atoms with Crippen LogP contribution in [-0.2, 0) is 5.41 Å². The van der Waals surface area contributed by atoms with Crippen LogP contribution in [-0.4, -0.2) is 0 Å². The topological polar surface area (TPSA) is 52.0 Å². The number of anilines is 2. The van der Waals surface area contributed by atoms with Crippen molar-refractivity contribution in [2.24, 2.45) is 11.8 Å². The zero-order chi connectivity index (χ0) is 17.5. The van der Waals surface area contributed by atoms with E-state index in [0.29, 0.717) is 11.8 Å². The van der Waals surface area contributed by atoms with Crippen molar-refractivity contribution < 1.29 is 0 Å². The molecule has 2 aromatic carbocycles. The van der Waals surface area contributed by atoms with Gasteiger partial charge in [0.2, 0.25) is 0 Å². The van der Waals surface area contributed by atoms with Gasteiger partial charge in [0.15, 0.2) is 0 Å². The molecular weight excluding hydrogens is 292 g/mol. The Bertz CT molecular complexity index is 692. The van der Waals surface area contributed by atoms with Crippen molar-refractivity contribution in [2.45, 2.75) is 52.4 Å². The standard InChI is InChI=1S/C22H30N2/c1-14(2)9-10-22(13-15(3)4)20-11-16(23)5-7-18(20)19-8-6-17(24)12-21(19)22/h5-8,11-12,14-15H,9-10,13,23-24H2,1-4H3. The first-order valence-corrected chi connectivity index (χ1v) is 9.14. The maximum Gasteiger partial charge on any atom is 0.0317 e. The van der Waals surface area contributed by atoms with Crippen LogP contribution < -0.4 is 11.5 Å². The maximum atomic E-state index is 6.18. The second-order valence-electron chi connectivity index (χ2n) is 8.22. The van der Waals surface area contributed by atoms with Gasteiger partial charge in [-0.05, 0) is 77.6 Å². The molecule has 1 aliphatic carbocycles. The summed E-state index contributed by atoms with van der Waals surface area (Å²) in [5.41, 5.74) is 19.6. The normalized spacial score (nSPS) is 14.9. The van der Waals surface area contributed by atoms with E-state index in [1.165, 1.54) is 28.7 Å². The molecule has 0 atom stereocenters. The van der Waals surface area contributed by atoms with Gasteiger partial charge in [-0.2, -0.15) is 0 Å². The van der Waals surface area contributed by atoms with Crippen LogP contribution in [0.25, 0.3) is 11.1 Å². The van der Waals surface area contributed by atoms with E-state index < -0.39 is 0 Å². The van der Waals surface area contributed by atoms with Crippen molar-refractivity contribution in [2.75, 3.05) is 11.5 Å². The number of hydrogen-bond donors (Lipinski definition) is 2. The summed E-state index contributed by atoms with van der Waals surface area (Å²) >= 11 is 0. The van der Waals surface area contributed by atoms with E-state index in [9.17, 15) is 0 Å². The fourth-order valence-corrected chi connectivity index (χ4v) is 4.35. The minimum Gasteiger partial charge on any atom is -0.399 e. The molecule has 0 unspecified atom stereocenters. The first kappa shape index (κ1) is 16.9. The first-order valence-electron chi connectivity index (χ1n) is 9.14. The molecule has 0 radical (unpaired) electrons. The van der Waals surface area contributed by atoms with Gasteiger partial charge in [0.1, 0.15) is 0 Å². The molecule has 0 saturated carbocycles. The SMILES string of the molecule is CC(C)CCC1(CC(C)C)c2cc(N)ccc2-c2ccc(N)cc21. The summed E-state index contributed by atoms with van der Waals surface area (Å²) in [4.78, 5) is 0. The molecule has 0 amide bonds. The van der Waals surface area contributed by atoms with Crippen LogP contribution in [0.4, 0.5) is 11.4 Å². The molecule has 128 valence electrons. The van der Waals surface area contributed by atoms with Crippen molar-refractivity contribution in [1.82, 2.24) is 0 Å². The summed E-state index contributed by atoms with van der Waals surface area (Å²) < 4.78 is 0. The molecule has 2 aromatic rings. The van der Waals surface area contributed by atoms with Gasteiger partial charge in [0.05, 0.1) is 0 Å². The van der Waals surface area contributed by atoms with Crippen molar-refractivity contribution in [3.63, 3.8) is 0 Å². The van der Waals surface area contributed by atoms with Crippen molar-refractivity contribution in [3.8, 4) is 11.1 Å². The van der Waals surface area contributed by atoms with Crippen molar-refractivity contribution >= 4 is 11.4 Å². The number of rotatable bonds is 5. The minimum absolute atomic E-state index is 0.0356. The summed E-state index contributed by atoms with van der Waals surface area (Å²) in [6.07, 6.45) is 3.48. The minimum atomic E-state index is 0.0356. The molecule has 0 bridgehead atoms. The molecule has 1 aliphatic rings. The second kappa shape index (κ2) is 6.16. The molecule has 4 N–H and O–H groups in total. The summed E-state index contributed by atoms with van der Waals surface area (Å²) in [6.45, 7) is 9.23. The highest BCUT2D eigenvalue weighted by atomic mass is 14.6. The van der Waals surface area contributed by atoms with Crippen molar-refractivity contribution in [3.05, 3.63) is 47.5 Å². The highest BCUT2D eigenvalue weighted by Gasteiger charge is 2.43. The number of nitrogens with two attached hydrogens (primary N) is 2. The Kier molecular flexibility index (Phi) is 4.33. The molecule has 0 aromatic heterocycles. The number of fused-ring (bicyclic) bond motifs is 3. The number of nitrogen functional groups attached to an aromatic ring is 2. The highest BCUT2D eigenvalue weighted by Crippen LogP contribution is 2.55. The van der Waals surface area contributed by atoms with Gasteiger partial charge in [-0.15, -0.1) is 0 Å². The molecule has 2 nitrogen and oxygen atoms in total. The van der Waals surface area contributed by atoms with Crippen LogP contribution in [0.3, 0.4) is 0 Å². The summed E-state index contributed by atoms with van der Waals surface area (Å²) in [7, 11) is 0. The average Bonchev–Trinajstić information content (AvgIpc) is 2.75. The molecule has 0 fully saturated rings. The van der Waals surface area contributed by atoms with E-state index in [1.807, 2.05) is 12.1 Å². The highest BCUT2D eigenvalue weighted by molar-refractivity contribution is 5.83. The third kappa shape index (κ3) is 2.79. The Morgan fingerprint density at radius 2 is 1.29 bits per heavy atom. The Balaban J connectivity index is 2.25. The second-order valence-corrected chi connectivity index (χ2v) is 8.22. The summed E-state index contributed by atoms with van der Waals surface area (Å²) in [5, 5.41) is 0. The van der Waals surface area contributed by atoms with E-state index in [4.69, 9.17) is 11.5 Å². The Hall–Kier alpha value is -1.96. The fourth-order valence-electron chi connectivity index (χ4n) is 4.35. The third-order valence-corrected chi connectivity index (χ3v) is 5.31. The molecule has 24 heavy (non-hydrogen) atoms. The predicted molar refractivity (Wildman–Crippen MR) is 105 cm³/mol. The van der Waals surface area contributed by atoms with Crippen LogP contribution >= 0.6 is 0 Å². The van der Waals surface area contributed by atoms with Gasteiger partial charge in [-0.25, -0.2) is 0 Å². The molecule has 0 spiro atoms. The summed E-state index contributed by atoms with van der Waals surface area (Å²) in [5.74, 6) is 1.29. The Labute approximate surface area is 146 Å². The first-order chi connectivity index (χ1) is 11.3. The molecule has 0 saturated heterocycles. The van der Waals surface area contributed by atoms with Crippen molar-refractivity contribution in [1.29, 1.82) is 0 Å². The van der Waals surface area contributed by atoms with Gasteiger partial charge in [0, 0.05) is 16.8 Å². The van der Waals surface area contributed by atoms with E-state index >= 15 is 0 Å². The van der Waals surface area contributed by atoms with Gasteiger partial charge in [-0.1, -0.05) is 39.8 Å². The van der Waals surface area contributed by atoms with Gasteiger partial charge in [0.25, 0.3) is 0 Å². The number of benzene rings is 2. The van der Waals surface area contributed by atoms with E-state index in [2.05, 4.69) is 52.0 Å². The van der Waals surface area contributed by atoms with E-state index in [0.717, 1.165) is 24.2 Å². The zero-order valence-corrected chi connectivity index (χ0v) is 15.4. The van der Waals surface area contributed by atoms with Crippen LogP contribution in [0, 0.1) is 11.8 Å². The molecule has 2 heteroatoms. The van der Waals surface area contributed by atoms with Gasteiger partial charge < -0.3 is 11.5 Å². The Morgan fingerprint density at radius 3 is 1.71 bits per heavy atom. The maximum absolute atomic E-state index is 6.18. The average molecular weight is 322 g/mol. The lowest BCUT2D eigenvalue weighted by molar-refractivity contribution is 0.351. The molecule has 0 aliphatic heterocycles. The fraction of sp³-hybridized carbons (Fsp3) is 0.455. The van der Waals surface area contributed by atoms with Crippen LogP contribution in [0.1, 0.15) is 58.1 Å². The quantitative estimate of drug-likeness (QED) is 0.704. The third-order valence-electron chi connectivity index (χ3n) is 5.31.